The third-order valence-electron chi connectivity index (χ3n) is 7.12. The van der Waals surface area contributed by atoms with E-state index in [0.29, 0.717) is 11.4 Å². The second kappa shape index (κ2) is 12.0. The van der Waals surface area contributed by atoms with Gasteiger partial charge in [-0.1, -0.05) is 47.8 Å². The number of methoxy groups -OCH3 is 1. The number of H-pyrrole nitrogens is 1. The molecule has 1 unspecified atom stereocenters. The van der Waals surface area contributed by atoms with E-state index in [0.717, 1.165) is 47.7 Å². The number of amides is 1. The molecule has 40 heavy (non-hydrogen) atoms. The molecule has 1 heterocycles. The van der Waals surface area contributed by atoms with E-state index in [1.165, 1.54) is 12.1 Å². The molecule has 0 bridgehead atoms. The Hall–Kier alpha value is -3.39. The molecule has 7 nitrogen and oxygen atoms in total. The average molecular weight is 602 g/mol. The molecule has 1 fully saturated rings. The maximum absolute atomic E-state index is 12.9. The van der Waals surface area contributed by atoms with Crippen molar-refractivity contribution in [1.82, 2.24) is 4.98 Å². The van der Waals surface area contributed by atoms with Crippen molar-refractivity contribution in [2.45, 2.75) is 44.6 Å². The molecule has 0 spiro atoms. The summed E-state index contributed by atoms with van der Waals surface area (Å²) in [6.07, 6.45) is 5.48. The number of nitrogens with one attached hydrogen (secondary N) is 2. The van der Waals surface area contributed by atoms with Crippen LogP contribution in [-0.2, 0) is 4.74 Å². The molecule has 1 aliphatic carbocycles. The van der Waals surface area contributed by atoms with Gasteiger partial charge in [-0.15, -0.1) is 0 Å². The summed E-state index contributed by atoms with van der Waals surface area (Å²) in [6, 6.07) is 13.6. The predicted octanol–water partition coefficient (Wildman–Crippen LogP) is 9.00. The van der Waals surface area contributed by atoms with Crippen molar-refractivity contribution in [1.29, 1.82) is 0 Å². The predicted molar refractivity (Wildman–Crippen MR) is 158 cm³/mol. The minimum Gasteiger partial charge on any atom is -0.496 e. The van der Waals surface area contributed by atoms with Gasteiger partial charge in [-0.3, -0.25) is 5.32 Å². The molecule has 1 aliphatic rings. The normalized spacial score (nSPS) is 14.2. The molecular weight excluding hydrogens is 575 g/mol. The van der Waals surface area contributed by atoms with E-state index in [2.05, 4.69) is 10.3 Å². The van der Waals surface area contributed by atoms with E-state index in [4.69, 9.17) is 49.0 Å². The Kier molecular flexibility index (Phi) is 8.45. The molecular formula is C30H27Cl3N2O5. The smallest absolute Gasteiger partial charge is 0.411 e. The monoisotopic (exact) mass is 600 g/mol. The van der Waals surface area contributed by atoms with Gasteiger partial charge in [-0.05, 0) is 67.6 Å². The molecule has 5 rings (SSSR count). The Morgan fingerprint density at radius 2 is 1.68 bits per heavy atom. The van der Waals surface area contributed by atoms with Crippen LogP contribution in [0.3, 0.4) is 0 Å². The fraction of sp³-hybridized carbons (Fsp3) is 0.267. The summed E-state index contributed by atoms with van der Waals surface area (Å²) < 4.78 is 16.7. The minimum atomic E-state index is -0.620. The lowest BCUT2D eigenvalue weighted by atomic mass is 9.91. The zero-order valence-electron chi connectivity index (χ0n) is 21.9. The number of carbonyl (C=O) groups is 2. The Morgan fingerprint density at radius 3 is 2.42 bits per heavy atom. The number of hydrogen-bond acceptors (Lipinski definition) is 5. The number of hydrogen-bond donors (Lipinski definition) is 2. The zero-order chi connectivity index (χ0) is 28.4. The van der Waals surface area contributed by atoms with Gasteiger partial charge in [0.1, 0.15) is 11.9 Å². The molecule has 2 N–H and O–H groups in total. The van der Waals surface area contributed by atoms with Crippen molar-refractivity contribution in [3.05, 3.63) is 86.5 Å². The van der Waals surface area contributed by atoms with E-state index < -0.39 is 12.1 Å². The SMILES string of the molecule is COc1cc(C(=O)Oc2cc(Cl)c(Cl)cc2Cl)ccc1C(C)c1c[nH]c2ccc(NC(=O)OC3CCCC3)cc12. The maximum atomic E-state index is 12.9. The van der Waals surface area contributed by atoms with Crippen LogP contribution in [0.2, 0.25) is 15.1 Å². The number of carbonyl (C=O) groups excluding carboxylic acids is 2. The third-order valence-corrected chi connectivity index (χ3v) is 8.13. The lowest BCUT2D eigenvalue weighted by molar-refractivity contribution is 0.0734. The van der Waals surface area contributed by atoms with Crippen molar-refractivity contribution >= 4 is 63.5 Å². The molecule has 1 amide bonds. The molecule has 0 radical (unpaired) electrons. The summed E-state index contributed by atoms with van der Waals surface area (Å²) in [5.41, 5.74) is 3.72. The first kappa shape index (κ1) is 28.1. The molecule has 1 atom stereocenters. The average Bonchev–Trinajstić information content (AvgIpc) is 3.60. The van der Waals surface area contributed by atoms with Gasteiger partial charge in [0.25, 0.3) is 0 Å². The fourth-order valence-corrected chi connectivity index (χ4v) is 5.56. The largest absolute Gasteiger partial charge is 0.496 e. The quantitative estimate of drug-likeness (QED) is 0.125. The number of aromatic nitrogens is 1. The van der Waals surface area contributed by atoms with E-state index in [9.17, 15) is 9.59 Å². The van der Waals surface area contributed by atoms with Crippen molar-refractivity contribution in [3.8, 4) is 11.5 Å². The maximum Gasteiger partial charge on any atom is 0.411 e. The molecule has 1 saturated carbocycles. The summed E-state index contributed by atoms with van der Waals surface area (Å²) in [4.78, 5) is 28.6. The molecule has 208 valence electrons. The third kappa shape index (κ3) is 6.02. The summed E-state index contributed by atoms with van der Waals surface area (Å²) in [7, 11) is 1.55. The molecule has 1 aromatic heterocycles. The first-order valence-corrected chi connectivity index (χ1v) is 14.0. The van der Waals surface area contributed by atoms with Gasteiger partial charge in [0.05, 0.1) is 27.7 Å². The van der Waals surface area contributed by atoms with Crippen LogP contribution >= 0.6 is 34.8 Å². The van der Waals surface area contributed by atoms with Gasteiger partial charge in [0.2, 0.25) is 0 Å². The molecule has 10 heteroatoms. The second-order valence-corrected chi connectivity index (χ2v) is 10.9. The number of halogens is 3. The minimum absolute atomic E-state index is 0.0136. The first-order chi connectivity index (χ1) is 19.2. The number of fused-ring (bicyclic) bond motifs is 1. The molecule has 0 aliphatic heterocycles. The number of benzene rings is 3. The Labute approximate surface area is 246 Å². The topological polar surface area (TPSA) is 89.7 Å². The van der Waals surface area contributed by atoms with Crippen molar-refractivity contribution in [2.75, 3.05) is 12.4 Å². The highest BCUT2D eigenvalue weighted by molar-refractivity contribution is 6.43. The number of esters is 1. The van der Waals surface area contributed by atoms with Crippen molar-refractivity contribution in [2.24, 2.45) is 0 Å². The second-order valence-electron chi connectivity index (χ2n) is 9.71. The summed E-state index contributed by atoms with van der Waals surface area (Å²) >= 11 is 18.2. The lowest BCUT2D eigenvalue weighted by Gasteiger charge is -2.17. The Morgan fingerprint density at radius 1 is 0.925 bits per heavy atom. The van der Waals surface area contributed by atoms with Crippen LogP contribution in [0.1, 0.15) is 60.0 Å². The van der Waals surface area contributed by atoms with Crippen LogP contribution in [0, 0.1) is 0 Å². The van der Waals surface area contributed by atoms with E-state index >= 15 is 0 Å². The van der Waals surface area contributed by atoms with Crippen LogP contribution in [0.5, 0.6) is 11.5 Å². The van der Waals surface area contributed by atoms with Gasteiger partial charge in [0.15, 0.2) is 5.75 Å². The number of aromatic amines is 1. The van der Waals surface area contributed by atoms with Gasteiger partial charge in [-0.2, -0.15) is 0 Å². The summed E-state index contributed by atoms with van der Waals surface area (Å²) in [6.45, 7) is 2.04. The number of ether oxygens (including phenoxy) is 3. The fourth-order valence-electron chi connectivity index (χ4n) is 4.99. The molecule has 3 aromatic carbocycles. The highest BCUT2D eigenvalue weighted by Crippen LogP contribution is 2.38. The first-order valence-electron chi connectivity index (χ1n) is 12.9. The van der Waals surface area contributed by atoms with Crippen molar-refractivity contribution < 1.29 is 23.8 Å². The Balaban J connectivity index is 1.36. The molecule has 0 saturated heterocycles. The van der Waals surface area contributed by atoms with Crippen LogP contribution in [0.15, 0.2) is 54.7 Å². The van der Waals surface area contributed by atoms with Crippen LogP contribution < -0.4 is 14.8 Å². The van der Waals surface area contributed by atoms with Crippen LogP contribution in [0.25, 0.3) is 10.9 Å². The Bertz CT molecular complexity index is 1580. The highest BCUT2D eigenvalue weighted by Gasteiger charge is 2.22. The number of anilines is 1. The van der Waals surface area contributed by atoms with Crippen molar-refractivity contribution in [3.63, 3.8) is 0 Å². The summed E-state index contributed by atoms with van der Waals surface area (Å²) in [5.74, 6) is -0.108. The van der Waals surface area contributed by atoms with Gasteiger partial charge < -0.3 is 19.2 Å². The highest BCUT2D eigenvalue weighted by atomic mass is 35.5. The standard InChI is InChI=1S/C30H27Cl3N2O5/c1-16(22-15-34-26-10-8-18(12-21(22)26)35-30(37)39-19-5-3-4-6-19)20-9-7-17(11-27(20)38-2)29(36)40-28-14-24(32)23(31)13-25(28)33/h7-16,19,34H,3-6H2,1-2H3,(H,35,37). The van der Waals surface area contributed by atoms with Gasteiger partial charge in [-0.25, -0.2) is 9.59 Å². The summed E-state index contributed by atoms with van der Waals surface area (Å²) in [5, 5.41) is 4.45. The van der Waals surface area contributed by atoms with Gasteiger partial charge >= 0.3 is 12.1 Å². The number of rotatable bonds is 7. The van der Waals surface area contributed by atoms with E-state index in [1.54, 1.807) is 19.2 Å². The van der Waals surface area contributed by atoms with E-state index in [-0.39, 0.29) is 38.4 Å². The van der Waals surface area contributed by atoms with E-state index in [1.807, 2.05) is 37.4 Å². The lowest BCUT2D eigenvalue weighted by Crippen LogP contribution is -2.20. The zero-order valence-corrected chi connectivity index (χ0v) is 24.1. The van der Waals surface area contributed by atoms with Crippen LogP contribution in [0.4, 0.5) is 10.5 Å². The van der Waals surface area contributed by atoms with Gasteiger partial charge in [0, 0.05) is 40.3 Å². The van der Waals surface area contributed by atoms with Crippen LogP contribution in [-0.4, -0.2) is 30.3 Å². The molecule has 4 aromatic rings.